The lowest BCUT2D eigenvalue weighted by molar-refractivity contribution is -0.384. The molecule has 0 aliphatic heterocycles. The maximum atomic E-state index is 10.3. The number of rotatable bonds is 5. The molecule has 0 saturated heterocycles. The van der Waals surface area contributed by atoms with Gasteiger partial charge in [-0.05, 0) is 17.9 Å². The fraction of sp³-hybridized carbons (Fsp3) is 0.133. The van der Waals surface area contributed by atoms with Crippen molar-refractivity contribution in [3.8, 4) is 0 Å². The Morgan fingerprint density at radius 2 is 1.91 bits per heavy atom. The van der Waals surface area contributed by atoms with E-state index in [9.17, 15) is 14.9 Å². The second kappa shape index (κ2) is 9.34. The summed E-state index contributed by atoms with van der Waals surface area (Å²) in [5, 5.41) is 27.7. The molecule has 2 N–H and O–H groups in total. The fourth-order valence-corrected chi connectivity index (χ4v) is 1.72. The highest BCUT2D eigenvalue weighted by atomic mass is 16.6. The lowest BCUT2D eigenvalue weighted by Gasteiger charge is -1.98. The minimum Gasteiger partial charge on any atom is -0.463 e. The molecule has 0 aliphatic carbocycles. The van der Waals surface area contributed by atoms with E-state index in [1.54, 1.807) is 30.3 Å². The Morgan fingerprint density at radius 3 is 2.43 bits per heavy atom. The van der Waals surface area contributed by atoms with Crippen molar-refractivity contribution in [1.29, 1.82) is 0 Å². The summed E-state index contributed by atoms with van der Waals surface area (Å²) >= 11 is 0. The van der Waals surface area contributed by atoms with E-state index in [2.05, 4.69) is 4.74 Å². The van der Waals surface area contributed by atoms with Crippen molar-refractivity contribution in [2.75, 3.05) is 0 Å². The third kappa shape index (κ3) is 6.73. The largest absolute Gasteiger partial charge is 0.488 e. The first kappa shape index (κ1) is 18.3. The molecule has 0 saturated carbocycles. The van der Waals surface area contributed by atoms with Crippen molar-refractivity contribution < 1.29 is 24.5 Å². The predicted octanol–water partition coefficient (Wildman–Crippen LogP) is 0.943. The Hall–Kier alpha value is -2.71. The number of carbonyl (C=O) groups is 1. The van der Waals surface area contributed by atoms with Gasteiger partial charge < -0.3 is 14.8 Å². The van der Waals surface area contributed by atoms with Gasteiger partial charge in [0.05, 0.1) is 4.92 Å². The molecular formula is C15H16BNO6. The van der Waals surface area contributed by atoms with Crippen LogP contribution in [0.25, 0.3) is 0 Å². The van der Waals surface area contributed by atoms with Crippen LogP contribution < -0.4 is 5.46 Å². The average Bonchev–Trinajstić information content (AvgIpc) is 2.53. The van der Waals surface area contributed by atoms with Gasteiger partial charge in [-0.3, -0.25) is 14.9 Å². The SMILES string of the molecule is Cc1cccc(B(O)O)c1.O=COCc1cccc([N+](=O)[O-])c1. The van der Waals surface area contributed by atoms with Gasteiger partial charge in [0, 0.05) is 12.1 Å². The van der Waals surface area contributed by atoms with Crippen LogP contribution in [-0.4, -0.2) is 28.6 Å². The molecule has 2 aromatic carbocycles. The Labute approximate surface area is 133 Å². The lowest BCUT2D eigenvalue weighted by atomic mass is 9.80. The molecule has 7 nitrogen and oxygen atoms in total. The number of hydrogen-bond acceptors (Lipinski definition) is 6. The number of aryl methyl sites for hydroxylation is 1. The van der Waals surface area contributed by atoms with Crippen LogP contribution in [-0.2, 0) is 16.1 Å². The molecule has 0 atom stereocenters. The average molecular weight is 317 g/mol. The molecule has 0 heterocycles. The number of nitro groups is 1. The van der Waals surface area contributed by atoms with Gasteiger partial charge in [0.2, 0.25) is 0 Å². The standard InChI is InChI=1S/C8H7NO4.C7H9BO2/c10-6-13-5-7-2-1-3-8(4-7)9(11)12;1-6-3-2-4-7(5-6)8(9)10/h1-4,6H,5H2;2-5,9-10H,1H3. The minimum atomic E-state index is -1.35. The van der Waals surface area contributed by atoms with Crippen molar-refractivity contribution >= 4 is 24.7 Å². The predicted molar refractivity (Wildman–Crippen MR) is 85.0 cm³/mol. The van der Waals surface area contributed by atoms with Gasteiger partial charge in [-0.25, -0.2) is 0 Å². The van der Waals surface area contributed by atoms with Gasteiger partial charge in [-0.1, -0.05) is 42.0 Å². The van der Waals surface area contributed by atoms with E-state index >= 15 is 0 Å². The summed E-state index contributed by atoms with van der Waals surface area (Å²) in [5.41, 5.74) is 2.17. The highest BCUT2D eigenvalue weighted by Gasteiger charge is 2.08. The first-order valence-electron chi connectivity index (χ1n) is 6.65. The van der Waals surface area contributed by atoms with Crippen LogP contribution in [0.3, 0.4) is 0 Å². The summed E-state index contributed by atoms with van der Waals surface area (Å²) in [6.45, 7) is 2.27. The zero-order valence-corrected chi connectivity index (χ0v) is 12.5. The molecule has 120 valence electrons. The third-order valence-corrected chi connectivity index (χ3v) is 2.78. The second-order valence-electron chi connectivity index (χ2n) is 4.62. The van der Waals surface area contributed by atoms with Crippen LogP contribution in [0.4, 0.5) is 5.69 Å². The lowest BCUT2D eigenvalue weighted by Crippen LogP contribution is -2.29. The molecule has 0 bridgehead atoms. The highest BCUT2D eigenvalue weighted by Crippen LogP contribution is 2.13. The topological polar surface area (TPSA) is 110 Å². The summed E-state index contributed by atoms with van der Waals surface area (Å²) in [5.74, 6) is 0. The van der Waals surface area contributed by atoms with E-state index in [0.717, 1.165) is 5.56 Å². The summed E-state index contributed by atoms with van der Waals surface area (Å²) in [6.07, 6.45) is 0. The van der Waals surface area contributed by atoms with Gasteiger partial charge in [0.25, 0.3) is 12.2 Å². The van der Waals surface area contributed by atoms with Crippen LogP contribution in [0, 0.1) is 17.0 Å². The van der Waals surface area contributed by atoms with E-state index in [1.165, 1.54) is 12.1 Å². The number of ether oxygens (including phenoxy) is 1. The first-order valence-corrected chi connectivity index (χ1v) is 6.65. The summed E-state index contributed by atoms with van der Waals surface area (Å²) in [6, 6.07) is 13.1. The zero-order chi connectivity index (χ0) is 17.2. The molecule has 0 fully saturated rings. The quantitative estimate of drug-likeness (QED) is 0.368. The molecule has 0 radical (unpaired) electrons. The highest BCUT2D eigenvalue weighted by molar-refractivity contribution is 6.58. The van der Waals surface area contributed by atoms with E-state index < -0.39 is 12.0 Å². The van der Waals surface area contributed by atoms with Crippen LogP contribution in [0.1, 0.15) is 11.1 Å². The minimum absolute atomic E-state index is 0.00741. The Kier molecular flexibility index (Phi) is 7.45. The van der Waals surface area contributed by atoms with Crippen molar-refractivity contribution in [3.05, 3.63) is 69.8 Å². The maximum absolute atomic E-state index is 10.3. The second-order valence-corrected chi connectivity index (χ2v) is 4.62. The molecule has 0 aliphatic rings. The fourth-order valence-electron chi connectivity index (χ4n) is 1.72. The van der Waals surface area contributed by atoms with E-state index in [4.69, 9.17) is 10.0 Å². The summed E-state index contributed by atoms with van der Waals surface area (Å²) in [7, 11) is -1.35. The van der Waals surface area contributed by atoms with Crippen LogP contribution in [0.15, 0.2) is 48.5 Å². The Bertz CT molecular complexity index is 662. The number of nitro benzene ring substituents is 1. The van der Waals surface area contributed by atoms with Gasteiger partial charge in [0.1, 0.15) is 6.61 Å². The molecule has 23 heavy (non-hydrogen) atoms. The van der Waals surface area contributed by atoms with Crippen molar-refractivity contribution in [3.63, 3.8) is 0 Å². The molecule has 0 amide bonds. The molecule has 2 aromatic rings. The number of nitrogens with zero attached hydrogens (tertiary/aromatic N) is 1. The third-order valence-electron chi connectivity index (χ3n) is 2.78. The van der Waals surface area contributed by atoms with Crippen molar-refractivity contribution in [2.24, 2.45) is 0 Å². The van der Waals surface area contributed by atoms with Crippen molar-refractivity contribution in [1.82, 2.24) is 0 Å². The number of benzene rings is 2. The zero-order valence-electron chi connectivity index (χ0n) is 12.5. The van der Waals surface area contributed by atoms with Gasteiger partial charge in [-0.15, -0.1) is 0 Å². The van der Waals surface area contributed by atoms with Gasteiger partial charge in [0.15, 0.2) is 0 Å². The monoisotopic (exact) mass is 317 g/mol. The Balaban J connectivity index is 0.000000238. The molecule has 0 aromatic heterocycles. The number of hydrogen-bond donors (Lipinski definition) is 2. The first-order chi connectivity index (χ1) is 10.9. The summed E-state index contributed by atoms with van der Waals surface area (Å²) in [4.78, 5) is 19.7. The van der Waals surface area contributed by atoms with Crippen molar-refractivity contribution in [2.45, 2.75) is 13.5 Å². The molecule has 0 spiro atoms. The number of carbonyl (C=O) groups excluding carboxylic acids is 1. The summed E-state index contributed by atoms with van der Waals surface area (Å²) < 4.78 is 4.45. The van der Waals surface area contributed by atoms with E-state index in [0.29, 0.717) is 17.5 Å². The number of non-ortho nitro benzene ring substituents is 1. The van der Waals surface area contributed by atoms with Crippen LogP contribution in [0.5, 0.6) is 0 Å². The van der Waals surface area contributed by atoms with Crippen LogP contribution in [0.2, 0.25) is 0 Å². The molecular weight excluding hydrogens is 301 g/mol. The smallest absolute Gasteiger partial charge is 0.463 e. The van der Waals surface area contributed by atoms with Gasteiger partial charge in [-0.2, -0.15) is 0 Å². The molecule has 2 rings (SSSR count). The Morgan fingerprint density at radius 1 is 1.22 bits per heavy atom. The van der Waals surface area contributed by atoms with Crippen LogP contribution >= 0.6 is 0 Å². The van der Waals surface area contributed by atoms with E-state index in [1.807, 2.05) is 13.0 Å². The van der Waals surface area contributed by atoms with E-state index in [-0.39, 0.29) is 12.3 Å². The normalized spacial score (nSPS) is 9.35. The molecule has 0 unspecified atom stereocenters. The molecule has 8 heteroatoms. The maximum Gasteiger partial charge on any atom is 0.488 e. The van der Waals surface area contributed by atoms with Gasteiger partial charge >= 0.3 is 7.12 Å².